The summed E-state index contributed by atoms with van der Waals surface area (Å²) in [6, 6.07) is 13.0. The van der Waals surface area contributed by atoms with E-state index in [0.29, 0.717) is 16.3 Å². The number of carbonyl (C=O) groups excluding carboxylic acids is 2. The van der Waals surface area contributed by atoms with Gasteiger partial charge in [-0.15, -0.1) is 0 Å². The third-order valence-electron chi connectivity index (χ3n) is 4.38. The van der Waals surface area contributed by atoms with Gasteiger partial charge < -0.3 is 10.1 Å². The average molecular weight is 358 g/mol. The number of benzene rings is 2. The normalized spacial score (nSPS) is 16.0. The fourth-order valence-electron chi connectivity index (χ4n) is 3.19. The average Bonchev–Trinajstić information content (AvgIpc) is 2.61. The summed E-state index contributed by atoms with van der Waals surface area (Å²) < 4.78 is 5.55. The maximum absolute atomic E-state index is 12.3. The van der Waals surface area contributed by atoms with Gasteiger partial charge in [-0.05, 0) is 55.5 Å². The Balaban J connectivity index is 1.64. The van der Waals surface area contributed by atoms with Crippen LogP contribution in [0.15, 0.2) is 42.5 Å². The van der Waals surface area contributed by atoms with Crippen molar-refractivity contribution in [2.45, 2.75) is 32.2 Å². The van der Waals surface area contributed by atoms with Crippen LogP contribution in [0.5, 0.6) is 5.75 Å². The van der Waals surface area contributed by atoms with Gasteiger partial charge in [0.15, 0.2) is 12.4 Å². The molecule has 130 valence electrons. The summed E-state index contributed by atoms with van der Waals surface area (Å²) in [6.45, 7) is 1.30. The van der Waals surface area contributed by atoms with Crippen molar-refractivity contribution in [3.05, 3.63) is 64.2 Å². The van der Waals surface area contributed by atoms with Crippen LogP contribution in [0, 0.1) is 0 Å². The second kappa shape index (κ2) is 7.70. The fourth-order valence-corrected chi connectivity index (χ4v) is 3.36. The molecule has 0 radical (unpaired) electrons. The Morgan fingerprint density at radius 2 is 2.04 bits per heavy atom. The van der Waals surface area contributed by atoms with Crippen LogP contribution in [0.3, 0.4) is 0 Å². The molecule has 0 aliphatic heterocycles. The summed E-state index contributed by atoms with van der Waals surface area (Å²) in [5, 5.41) is 3.49. The zero-order valence-corrected chi connectivity index (χ0v) is 14.8. The molecule has 0 spiro atoms. The molecule has 25 heavy (non-hydrogen) atoms. The largest absolute Gasteiger partial charge is 0.483 e. The van der Waals surface area contributed by atoms with Gasteiger partial charge in [0.2, 0.25) is 0 Å². The number of nitrogens with one attached hydrogen (secondary N) is 1. The number of Topliss-reactive ketones (excluding diaryl/α,β-unsaturated/α-hetero) is 1. The van der Waals surface area contributed by atoms with E-state index in [9.17, 15) is 9.59 Å². The minimum Gasteiger partial charge on any atom is -0.483 e. The predicted octanol–water partition coefficient (Wildman–Crippen LogP) is 4.12. The molecule has 3 rings (SSSR count). The van der Waals surface area contributed by atoms with Crippen LogP contribution in [-0.2, 0) is 11.2 Å². The van der Waals surface area contributed by atoms with E-state index in [-0.39, 0.29) is 24.3 Å². The molecular weight excluding hydrogens is 338 g/mol. The number of amides is 1. The molecule has 1 atom stereocenters. The highest BCUT2D eigenvalue weighted by atomic mass is 35.5. The number of aryl methyl sites for hydroxylation is 1. The summed E-state index contributed by atoms with van der Waals surface area (Å²) >= 11 is 5.91. The van der Waals surface area contributed by atoms with Gasteiger partial charge in [0.25, 0.3) is 5.91 Å². The number of halogens is 1. The third kappa shape index (κ3) is 4.20. The Kier molecular flexibility index (Phi) is 5.39. The molecule has 0 aromatic heterocycles. The van der Waals surface area contributed by atoms with E-state index in [4.69, 9.17) is 16.3 Å². The SMILES string of the molecule is CC(=O)c1cc(Cl)ccc1OCC(=O)N[C@@H]1CCCc2ccccc21. The topological polar surface area (TPSA) is 55.4 Å². The third-order valence-corrected chi connectivity index (χ3v) is 4.62. The van der Waals surface area contributed by atoms with Crippen molar-refractivity contribution < 1.29 is 14.3 Å². The van der Waals surface area contributed by atoms with Crippen molar-refractivity contribution in [3.63, 3.8) is 0 Å². The molecule has 1 aliphatic rings. The molecule has 5 heteroatoms. The first-order valence-corrected chi connectivity index (χ1v) is 8.73. The number of ketones is 1. The summed E-state index contributed by atoms with van der Waals surface area (Å²) in [7, 11) is 0. The maximum Gasteiger partial charge on any atom is 0.258 e. The van der Waals surface area contributed by atoms with E-state index in [1.165, 1.54) is 18.1 Å². The molecule has 1 aliphatic carbocycles. The van der Waals surface area contributed by atoms with E-state index in [2.05, 4.69) is 17.4 Å². The summed E-state index contributed by atoms with van der Waals surface area (Å²) in [6.07, 6.45) is 3.02. The van der Waals surface area contributed by atoms with Gasteiger partial charge in [0.05, 0.1) is 11.6 Å². The quantitative estimate of drug-likeness (QED) is 0.819. The van der Waals surface area contributed by atoms with E-state index < -0.39 is 0 Å². The molecule has 0 bridgehead atoms. The summed E-state index contributed by atoms with van der Waals surface area (Å²) in [5.74, 6) is 0.0152. The minimum absolute atomic E-state index is 0.0125. The number of rotatable bonds is 5. The standard InChI is InChI=1S/C20H20ClNO3/c1-13(23)17-11-15(21)9-10-19(17)25-12-20(24)22-18-8-4-6-14-5-2-3-7-16(14)18/h2-3,5,7,9-11,18H,4,6,8,12H2,1H3,(H,22,24)/t18-/m1/s1. The number of ether oxygens (including phenoxy) is 1. The van der Waals surface area contributed by atoms with Crippen LogP contribution in [-0.4, -0.2) is 18.3 Å². The Hall–Kier alpha value is -2.33. The molecule has 2 aromatic rings. The molecule has 4 nitrogen and oxygen atoms in total. The number of hydrogen-bond acceptors (Lipinski definition) is 3. The van der Waals surface area contributed by atoms with Gasteiger partial charge >= 0.3 is 0 Å². The lowest BCUT2D eigenvalue weighted by atomic mass is 9.88. The van der Waals surface area contributed by atoms with Crippen LogP contribution in [0.4, 0.5) is 0 Å². The van der Waals surface area contributed by atoms with Crippen molar-refractivity contribution in [1.29, 1.82) is 0 Å². The first kappa shape index (κ1) is 17.5. The highest BCUT2D eigenvalue weighted by Crippen LogP contribution is 2.29. The van der Waals surface area contributed by atoms with Crippen molar-refractivity contribution in [3.8, 4) is 5.75 Å². The lowest BCUT2D eigenvalue weighted by Gasteiger charge is -2.26. The first-order valence-electron chi connectivity index (χ1n) is 8.35. The van der Waals surface area contributed by atoms with Gasteiger partial charge in [0.1, 0.15) is 5.75 Å². The molecular formula is C20H20ClNO3. The Labute approximate surface area is 152 Å². The number of carbonyl (C=O) groups is 2. The van der Waals surface area contributed by atoms with Crippen LogP contribution >= 0.6 is 11.6 Å². The van der Waals surface area contributed by atoms with Crippen LogP contribution in [0.1, 0.15) is 47.3 Å². The number of hydrogen-bond donors (Lipinski definition) is 1. The van der Waals surface area contributed by atoms with Crippen molar-refractivity contribution in [2.75, 3.05) is 6.61 Å². The Morgan fingerprint density at radius 3 is 2.84 bits per heavy atom. The van der Waals surface area contributed by atoms with Crippen LogP contribution in [0.25, 0.3) is 0 Å². The van der Waals surface area contributed by atoms with Gasteiger partial charge in [-0.1, -0.05) is 35.9 Å². The van der Waals surface area contributed by atoms with E-state index in [0.717, 1.165) is 19.3 Å². The second-order valence-electron chi connectivity index (χ2n) is 6.20. The molecule has 0 heterocycles. The fraction of sp³-hybridized carbons (Fsp3) is 0.300. The summed E-state index contributed by atoms with van der Waals surface area (Å²) in [5.41, 5.74) is 2.85. The van der Waals surface area contributed by atoms with Crippen LogP contribution in [0.2, 0.25) is 5.02 Å². The predicted molar refractivity (Wildman–Crippen MR) is 97.2 cm³/mol. The van der Waals surface area contributed by atoms with E-state index in [1.54, 1.807) is 18.2 Å². The van der Waals surface area contributed by atoms with E-state index in [1.807, 2.05) is 12.1 Å². The molecule has 1 amide bonds. The molecule has 1 N–H and O–H groups in total. The molecule has 2 aromatic carbocycles. The molecule has 0 saturated carbocycles. The minimum atomic E-state index is -0.203. The van der Waals surface area contributed by atoms with E-state index >= 15 is 0 Å². The zero-order chi connectivity index (χ0) is 17.8. The summed E-state index contributed by atoms with van der Waals surface area (Å²) in [4.78, 5) is 24.0. The monoisotopic (exact) mass is 357 g/mol. The van der Waals surface area contributed by atoms with Gasteiger partial charge in [0, 0.05) is 5.02 Å². The first-order chi connectivity index (χ1) is 12.0. The molecule has 0 saturated heterocycles. The lowest BCUT2D eigenvalue weighted by molar-refractivity contribution is -0.124. The smallest absolute Gasteiger partial charge is 0.258 e. The Morgan fingerprint density at radius 1 is 1.24 bits per heavy atom. The van der Waals surface area contributed by atoms with Crippen molar-refractivity contribution >= 4 is 23.3 Å². The molecule has 0 unspecified atom stereocenters. The van der Waals surface area contributed by atoms with Gasteiger partial charge in [-0.2, -0.15) is 0 Å². The van der Waals surface area contributed by atoms with Crippen molar-refractivity contribution in [1.82, 2.24) is 5.32 Å². The highest BCUT2D eigenvalue weighted by molar-refractivity contribution is 6.31. The number of fused-ring (bicyclic) bond motifs is 1. The maximum atomic E-state index is 12.3. The van der Waals surface area contributed by atoms with Gasteiger partial charge in [-0.25, -0.2) is 0 Å². The van der Waals surface area contributed by atoms with Crippen LogP contribution < -0.4 is 10.1 Å². The Bertz CT molecular complexity index is 803. The lowest BCUT2D eigenvalue weighted by Crippen LogP contribution is -2.34. The van der Waals surface area contributed by atoms with Gasteiger partial charge in [-0.3, -0.25) is 9.59 Å². The zero-order valence-electron chi connectivity index (χ0n) is 14.0. The second-order valence-corrected chi connectivity index (χ2v) is 6.63. The van der Waals surface area contributed by atoms with Crippen molar-refractivity contribution in [2.24, 2.45) is 0 Å². The highest BCUT2D eigenvalue weighted by Gasteiger charge is 2.21. The molecule has 0 fully saturated rings.